The largest absolute Gasteiger partial charge is 0.457 e. The third kappa shape index (κ3) is 4.22. The van der Waals surface area contributed by atoms with Crippen LogP contribution in [0, 0.1) is 13.8 Å². The predicted molar refractivity (Wildman–Crippen MR) is 98.6 cm³/mol. The number of nitrogens with zero attached hydrogens (tertiary/aromatic N) is 1. The van der Waals surface area contributed by atoms with E-state index in [-0.39, 0.29) is 37.0 Å². The van der Waals surface area contributed by atoms with Crippen LogP contribution in [0.4, 0.5) is 0 Å². The number of fused-ring (bicyclic) bond motifs is 1. The number of carbonyl (C=O) groups excluding carboxylic acids is 3. The number of amides is 1. The van der Waals surface area contributed by atoms with Crippen molar-refractivity contribution in [3.8, 4) is 0 Å². The highest BCUT2D eigenvalue weighted by molar-refractivity contribution is 6.04. The normalized spacial score (nSPS) is 10.7. The molecule has 3 N–H and O–H groups in total. The lowest BCUT2D eigenvalue weighted by Crippen LogP contribution is -2.27. The van der Waals surface area contributed by atoms with E-state index in [9.17, 15) is 14.4 Å². The van der Waals surface area contributed by atoms with E-state index in [0.29, 0.717) is 10.9 Å². The smallest absolute Gasteiger partial charge is 0.308 e. The van der Waals surface area contributed by atoms with E-state index in [1.807, 2.05) is 25.1 Å². The van der Waals surface area contributed by atoms with E-state index in [4.69, 9.17) is 4.74 Å². The van der Waals surface area contributed by atoms with Gasteiger partial charge in [-0.25, -0.2) is 0 Å². The Bertz CT molecular complexity index is 1000. The van der Waals surface area contributed by atoms with Crippen molar-refractivity contribution in [3.63, 3.8) is 0 Å². The van der Waals surface area contributed by atoms with Gasteiger partial charge in [0.2, 0.25) is 5.78 Å². The van der Waals surface area contributed by atoms with Crippen LogP contribution in [-0.4, -0.2) is 46.0 Å². The molecule has 0 radical (unpaired) electrons. The molecule has 0 aliphatic heterocycles. The molecule has 1 amide bonds. The van der Waals surface area contributed by atoms with Gasteiger partial charge in [0, 0.05) is 28.9 Å². The summed E-state index contributed by atoms with van der Waals surface area (Å²) in [5.74, 6) is -1.20. The number of aryl methyl sites for hydroxylation is 2. The Morgan fingerprint density at radius 1 is 1.19 bits per heavy atom. The number of benzene rings is 1. The Morgan fingerprint density at radius 2 is 1.96 bits per heavy atom. The van der Waals surface area contributed by atoms with Gasteiger partial charge in [-0.2, -0.15) is 5.10 Å². The Balaban J connectivity index is 1.45. The monoisotopic (exact) mass is 368 g/mol. The van der Waals surface area contributed by atoms with Gasteiger partial charge < -0.3 is 15.0 Å². The fourth-order valence-corrected chi connectivity index (χ4v) is 2.81. The Hall–Kier alpha value is -3.42. The maximum atomic E-state index is 12.2. The summed E-state index contributed by atoms with van der Waals surface area (Å²) < 4.78 is 4.99. The number of carbonyl (C=O) groups is 3. The highest BCUT2D eigenvalue weighted by Crippen LogP contribution is 2.14. The number of hydrogen-bond donors (Lipinski definition) is 3. The number of hydrogen-bond acceptors (Lipinski definition) is 5. The van der Waals surface area contributed by atoms with Gasteiger partial charge in [-0.3, -0.25) is 19.5 Å². The molecule has 3 aromatic rings. The second-order valence-corrected chi connectivity index (χ2v) is 6.20. The molecule has 2 heterocycles. The highest BCUT2D eigenvalue weighted by atomic mass is 16.5. The molecule has 27 heavy (non-hydrogen) atoms. The molecule has 8 nitrogen and oxygen atoms in total. The van der Waals surface area contributed by atoms with E-state index in [1.165, 1.54) is 0 Å². The van der Waals surface area contributed by atoms with Crippen LogP contribution in [-0.2, 0) is 9.53 Å². The number of aromatic amines is 2. The standard InChI is InChI=1S/C19H20N4O4/c1-11-9-14(12(2)21-11)16(24)10-27-17(25)7-8-20-19(26)18-13-5-3-4-6-15(13)22-23-18/h3-6,9,21H,7-8,10H2,1-2H3,(H,20,26)(H,22,23). The molecule has 2 aromatic heterocycles. The molecule has 0 unspecified atom stereocenters. The molecular weight excluding hydrogens is 348 g/mol. The fraction of sp³-hybridized carbons (Fsp3) is 0.263. The number of H-pyrrole nitrogens is 2. The van der Waals surface area contributed by atoms with Crippen molar-refractivity contribution in [1.82, 2.24) is 20.5 Å². The van der Waals surface area contributed by atoms with Crippen molar-refractivity contribution < 1.29 is 19.1 Å². The first kappa shape index (κ1) is 18.4. The van der Waals surface area contributed by atoms with Crippen LogP contribution in [0.5, 0.6) is 0 Å². The van der Waals surface area contributed by atoms with Crippen molar-refractivity contribution in [2.45, 2.75) is 20.3 Å². The number of Topliss-reactive ketones (excluding diaryl/α,β-unsaturated/α-hetero) is 1. The van der Waals surface area contributed by atoms with E-state index >= 15 is 0 Å². The maximum Gasteiger partial charge on any atom is 0.308 e. The van der Waals surface area contributed by atoms with Crippen molar-refractivity contribution in [1.29, 1.82) is 0 Å². The molecule has 1 aromatic carbocycles. The zero-order chi connectivity index (χ0) is 19.4. The average molecular weight is 368 g/mol. The van der Waals surface area contributed by atoms with Crippen LogP contribution in [0.15, 0.2) is 30.3 Å². The van der Waals surface area contributed by atoms with Crippen LogP contribution >= 0.6 is 0 Å². The van der Waals surface area contributed by atoms with Gasteiger partial charge in [-0.15, -0.1) is 0 Å². The lowest BCUT2D eigenvalue weighted by Gasteiger charge is -2.05. The van der Waals surface area contributed by atoms with Crippen molar-refractivity contribution in [2.24, 2.45) is 0 Å². The second-order valence-electron chi connectivity index (χ2n) is 6.20. The van der Waals surface area contributed by atoms with Crippen LogP contribution < -0.4 is 5.32 Å². The molecule has 0 bridgehead atoms. The molecular formula is C19H20N4O4. The molecule has 8 heteroatoms. The Morgan fingerprint density at radius 3 is 2.70 bits per heavy atom. The molecule has 0 spiro atoms. The number of esters is 1. The maximum absolute atomic E-state index is 12.2. The van der Waals surface area contributed by atoms with Crippen LogP contribution in [0.3, 0.4) is 0 Å². The minimum Gasteiger partial charge on any atom is -0.457 e. The van der Waals surface area contributed by atoms with Gasteiger partial charge in [0.25, 0.3) is 5.91 Å². The zero-order valence-corrected chi connectivity index (χ0v) is 15.1. The summed E-state index contributed by atoms with van der Waals surface area (Å²) in [5, 5.41) is 10.1. The molecule has 0 atom stereocenters. The SMILES string of the molecule is Cc1cc(C(=O)COC(=O)CCNC(=O)c2n[nH]c3ccccc23)c(C)[nH]1. The molecule has 0 saturated heterocycles. The first-order valence-corrected chi connectivity index (χ1v) is 8.52. The molecule has 0 aliphatic carbocycles. The van der Waals surface area contributed by atoms with Gasteiger partial charge in [-0.1, -0.05) is 18.2 Å². The summed E-state index contributed by atoms with van der Waals surface area (Å²) in [7, 11) is 0. The summed E-state index contributed by atoms with van der Waals surface area (Å²) in [5.41, 5.74) is 3.16. The van der Waals surface area contributed by atoms with Gasteiger partial charge in [-0.05, 0) is 26.0 Å². The van der Waals surface area contributed by atoms with Crippen LogP contribution in [0.1, 0.15) is 38.7 Å². The van der Waals surface area contributed by atoms with Crippen molar-refractivity contribution in [3.05, 3.63) is 53.0 Å². The molecule has 0 aliphatic rings. The average Bonchev–Trinajstić information content (AvgIpc) is 3.22. The van der Waals surface area contributed by atoms with Crippen molar-refractivity contribution in [2.75, 3.05) is 13.2 Å². The first-order valence-electron chi connectivity index (χ1n) is 8.52. The first-order chi connectivity index (χ1) is 13.0. The van der Waals surface area contributed by atoms with Crippen molar-refractivity contribution >= 4 is 28.6 Å². The Kier molecular flexibility index (Phi) is 5.35. The lowest BCUT2D eigenvalue weighted by atomic mass is 10.1. The molecule has 0 saturated carbocycles. The van der Waals surface area contributed by atoms with Gasteiger partial charge in [0.1, 0.15) is 0 Å². The summed E-state index contributed by atoms with van der Waals surface area (Å²) in [4.78, 5) is 39.1. The van der Waals surface area contributed by atoms with E-state index < -0.39 is 5.97 Å². The van der Waals surface area contributed by atoms with Crippen LogP contribution in [0.2, 0.25) is 0 Å². The molecule has 3 rings (SSSR count). The molecule has 140 valence electrons. The topological polar surface area (TPSA) is 117 Å². The number of ether oxygens (including phenoxy) is 1. The van der Waals surface area contributed by atoms with Gasteiger partial charge in [0.05, 0.1) is 11.9 Å². The third-order valence-electron chi connectivity index (χ3n) is 4.11. The molecule has 0 fully saturated rings. The van der Waals surface area contributed by atoms with E-state index in [1.54, 1.807) is 19.1 Å². The highest BCUT2D eigenvalue weighted by Gasteiger charge is 2.16. The Labute approximate surface area is 155 Å². The zero-order valence-electron chi connectivity index (χ0n) is 15.1. The van der Waals surface area contributed by atoms with Gasteiger partial charge in [0.15, 0.2) is 12.3 Å². The summed E-state index contributed by atoms with van der Waals surface area (Å²) in [6, 6.07) is 8.99. The second kappa shape index (κ2) is 7.86. The fourth-order valence-electron chi connectivity index (χ4n) is 2.81. The lowest BCUT2D eigenvalue weighted by molar-refractivity contribution is -0.142. The van der Waals surface area contributed by atoms with E-state index in [0.717, 1.165) is 16.9 Å². The number of para-hydroxylation sites is 1. The minimum atomic E-state index is -0.555. The summed E-state index contributed by atoms with van der Waals surface area (Å²) in [6.45, 7) is 3.40. The quantitative estimate of drug-likeness (QED) is 0.436. The van der Waals surface area contributed by atoms with Crippen LogP contribution in [0.25, 0.3) is 10.9 Å². The summed E-state index contributed by atoms with van der Waals surface area (Å²) in [6.07, 6.45) is -0.0352. The van der Waals surface area contributed by atoms with E-state index in [2.05, 4.69) is 20.5 Å². The van der Waals surface area contributed by atoms with Gasteiger partial charge >= 0.3 is 5.97 Å². The minimum absolute atomic E-state index is 0.0352. The third-order valence-corrected chi connectivity index (χ3v) is 4.11. The number of rotatable bonds is 7. The summed E-state index contributed by atoms with van der Waals surface area (Å²) >= 11 is 0. The number of aromatic nitrogens is 3. The number of nitrogens with one attached hydrogen (secondary N) is 3. The number of ketones is 1. The predicted octanol–water partition coefficient (Wildman–Crippen LogP) is 2.05.